The number of aryl methyl sites for hydroxylation is 1. The molecule has 3 aromatic rings. The second-order valence-electron chi connectivity index (χ2n) is 5.89. The number of amides is 3. The Kier molecular flexibility index (Phi) is 5.78. The van der Waals surface area contributed by atoms with Gasteiger partial charge in [0.15, 0.2) is 10.7 Å². The number of nitrogens with zero attached hydrogens (tertiary/aromatic N) is 2. The average molecular weight is 421 g/mol. The number of carbonyl (C=O) groups excluding carboxylic acids is 2. The van der Waals surface area contributed by atoms with E-state index in [1.54, 1.807) is 24.3 Å². The van der Waals surface area contributed by atoms with Gasteiger partial charge in [0.25, 0.3) is 5.91 Å². The van der Waals surface area contributed by atoms with Crippen molar-refractivity contribution in [2.45, 2.75) is 13.1 Å². The minimum absolute atomic E-state index is 0.00315. The van der Waals surface area contributed by atoms with Crippen LogP contribution in [0.5, 0.6) is 0 Å². The SMILES string of the molecule is Cc1ccc(NC(=O)Nc2snnc2C(=O)Nc2ccccc2C(F)(F)F)cc1. The number of halogens is 3. The molecule has 0 radical (unpaired) electrons. The molecule has 0 bridgehead atoms. The molecule has 0 unspecified atom stereocenters. The van der Waals surface area contributed by atoms with Gasteiger partial charge in [0.1, 0.15) is 0 Å². The van der Waals surface area contributed by atoms with Crippen LogP contribution in [0.15, 0.2) is 48.5 Å². The Hall–Kier alpha value is -3.47. The summed E-state index contributed by atoms with van der Waals surface area (Å²) in [7, 11) is 0. The monoisotopic (exact) mass is 421 g/mol. The lowest BCUT2D eigenvalue weighted by Gasteiger charge is -2.13. The Morgan fingerprint density at radius 1 is 0.966 bits per heavy atom. The van der Waals surface area contributed by atoms with E-state index in [4.69, 9.17) is 0 Å². The van der Waals surface area contributed by atoms with Crippen molar-refractivity contribution in [1.29, 1.82) is 0 Å². The fourth-order valence-electron chi connectivity index (χ4n) is 2.34. The lowest BCUT2D eigenvalue weighted by Crippen LogP contribution is -2.22. The molecule has 0 spiro atoms. The number of hydrogen-bond acceptors (Lipinski definition) is 5. The molecule has 0 saturated heterocycles. The average Bonchev–Trinajstić information content (AvgIpc) is 3.11. The van der Waals surface area contributed by atoms with E-state index in [2.05, 4.69) is 25.5 Å². The highest BCUT2D eigenvalue weighted by Gasteiger charge is 2.34. The summed E-state index contributed by atoms with van der Waals surface area (Å²) in [4.78, 5) is 24.5. The summed E-state index contributed by atoms with van der Waals surface area (Å²) in [6, 6.07) is 10.9. The van der Waals surface area contributed by atoms with Gasteiger partial charge in [-0.2, -0.15) is 13.2 Å². The first-order valence-electron chi connectivity index (χ1n) is 8.18. The van der Waals surface area contributed by atoms with Crippen molar-refractivity contribution in [3.05, 3.63) is 65.4 Å². The third kappa shape index (κ3) is 5.08. The molecule has 0 aliphatic carbocycles. The number of hydrogen-bond donors (Lipinski definition) is 3. The number of para-hydroxylation sites is 1. The predicted octanol–water partition coefficient (Wildman–Crippen LogP) is 4.76. The first-order chi connectivity index (χ1) is 13.7. The van der Waals surface area contributed by atoms with Gasteiger partial charge in [-0.3, -0.25) is 10.1 Å². The van der Waals surface area contributed by atoms with Crippen LogP contribution in [-0.2, 0) is 6.18 Å². The predicted molar refractivity (Wildman–Crippen MR) is 103 cm³/mol. The molecule has 3 rings (SSSR count). The minimum atomic E-state index is -4.64. The zero-order chi connectivity index (χ0) is 21.0. The van der Waals surface area contributed by atoms with Crippen molar-refractivity contribution in [1.82, 2.24) is 9.59 Å². The highest BCUT2D eigenvalue weighted by molar-refractivity contribution is 7.10. The molecule has 1 aromatic heterocycles. The number of nitrogens with one attached hydrogen (secondary N) is 3. The molecule has 2 aromatic carbocycles. The number of aromatic nitrogens is 2. The maximum atomic E-state index is 13.1. The molecule has 11 heteroatoms. The molecular weight excluding hydrogens is 407 g/mol. The Morgan fingerprint density at radius 3 is 2.34 bits per heavy atom. The first kappa shape index (κ1) is 20.3. The van der Waals surface area contributed by atoms with Gasteiger partial charge in [-0.1, -0.05) is 34.3 Å². The molecule has 7 nitrogen and oxygen atoms in total. The Morgan fingerprint density at radius 2 is 1.66 bits per heavy atom. The summed E-state index contributed by atoms with van der Waals surface area (Å²) >= 11 is 0.723. The molecule has 0 saturated carbocycles. The van der Waals surface area contributed by atoms with Gasteiger partial charge in [0, 0.05) is 17.2 Å². The van der Waals surface area contributed by atoms with Crippen LogP contribution in [0.1, 0.15) is 21.6 Å². The second-order valence-corrected chi connectivity index (χ2v) is 6.65. The molecule has 29 heavy (non-hydrogen) atoms. The summed E-state index contributed by atoms with van der Waals surface area (Å²) in [5.74, 6) is -0.930. The zero-order valence-electron chi connectivity index (χ0n) is 14.9. The molecule has 0 aliphatic rings. The number of rotatable bonds is 4. The molecule has 0 atom stereocenters. The van der Waals surface area contributed by atoms with Crippen LogP contribution >= 0.6 is 11.5 Å². The molecule has 1 heterocycles. The van der Waals surface area contributed by atoms with Crippen LogP contribution in [0.25, 0.3) is 0 Å². The Balaban J connectivity index is 1.72. The molecule has 150 valence electrons. The summed E-state index contributed by atoms with van der Waals surface area (Å²) in [5, 5.41) is 10.8. The van der Waals surface area contributed by atoms with Crippen LogP contribution in [0.3, 0.4) is 0 Å². The fraction of sp³-hybridized carbons (Fsp3) is 0.111. The van der Waals surface area contributed by atoms with Gasteiger partial charge in [-0.25, -0.2) is 4.79 Å². The van der Waals surface area contributed by atoms with E-state index >= 15 is 0 Å². The number of benzene rings is 2. The highest BCUT2D eigenvalue weighted by Crippen LogP contribution is 2.35. The maximum absolute atomic E-state index is 13.1. The van der Waals surface area contributed by atoms with Crippen molar-refractivity contribution in [2.75, 3.05) is 16.0 Å². The molecule has 0 aliphatic heterocycles. The third-order valence-electron chi connectivity index (χ3n) is 3.72. The van der Waals surface area contributed by atoms with Crippen molar-refractivity contribution < 1.29 is 22.8 Å². The van der Waals surface area contributed by atoms with Crippen LogP contribution in [0.2, 0.25) is 0 Å². The topological polar surface area (TPSA) is 96.0 Å². The van der Waals surface area contributed by atoms with Crippen LogP contribution < -0.4 is 16.0 Å². The van der Waals surface area contributed by atoms with Gasteiger partial charge < -0.3 is 10.6 Å². The van der Waals surface area contributed by atoms with Crippen molar-refractivity contribution in [3.8, 4) is 0 Å². The van der Waals surface area contributed by atoms with Crippen LogP contribution in [0, 0.1) is 6.92 Å². The summed E-state index contributed by atoms with van der Waals surface area (Å²) in [6.45, 7) is 1.90. The van der Waals surface area contributed by atoms with E-state index < -0.39 is 29.4 Å². The number of carbonyl (C=O) groups is 2. The quantitative estimate of drug-likeness (QED) is 0.566. The van der Waals surface area contributed by atoms with E-state index in [0.717, 1.165) is 29.2 Å². The molecule has 3 N–H and O–H groups in total. The summed E-state index contributed by atoms with van der Waals surface area (Å²) in [5.41, 5.74) is -0.182. The van der Waals surface area contributed by atoms with Crippen LogP contribution in [-0.4, -0.2) is 21.5 Å². The number of anilines is 3. The largest absolute Gasteiger partial charge is 0.418 e. The van der Waals surface area contributed by atoms with E-state index in [-0.39, 0.29) is 10.7 Å². The number of urea groups is 1. The lowest BCUT2D eigenvalue weighted by molar-refractivity contribution is -0.136. The molecule has 3 amide bonds. The van der Waals surface area contributed by atoms with Gasteiger partial charge in [-0.15, -0.1) is 5.10 Å². The maximum Gasteiger partial charge on any atom is 0.418 e. The summed E-state index contributed by atoms with van der Waals surface area (Å²) in [6.07, 6.45) is -4.64. The summed E-state index contributed by atoms with van der Waals surface area (Å²) < 4.78 is 42.8. The van der Waals surface area contributed by atoms with Gasteiger partial charge in [-0.05, 0) is 31.2 Å². The Labute approximate surface area is 167 Å². The van der Waals surface area contributed by atoms with Gasteiger partial charge in [0.05, 0.1) is 11.3 Å². The normalized spacial score (nSPS) is 11.0. The molecular formula is C18H14F3N5O2S. The highest BCUT2D eigenvalue weighted by atomic mass is 32.1. The van der Waals surface area contributed by atoms with E-state index in [1.165, 1.54) is 12.1 Å². The van der Waals surface area contributed by atoms with E-state index in [1.807, 2.05) is 6.92 Å². The van der Waals surface area contributed by atoms with Crippen LogP contribution in [0.4, 0.5) is 34.3 Å². The molecule has 0 fully saturated rings. The zero-order valence-corrected chi connectivity index (χ0v) is 15.7. The standard InChI is InChI=1S/C18H14F3N5O2S/c1-10-6-8-11(9-7-10)22-17(28)24-16-14(25-26-29-16)15(27)23-13-5-3-2-4-12(13)18(19,20)21/h2-9H,1H3,(H,23,27)(H2,22,24,28). The van der Waals surface area contributed by atoms with Crippen molar-refractivity contribution >= 4 is 39.8 Å². The smallest absolute Gasteiger partial charge is 0.320 e. The minimum Gasteiger partial charge on any atom is -0.320 e. The van der Waals surface area contributed by atoms with Gasteiger partial charge >= 0.3 is 12.2 Å². The second kappa shape index (κ2) is 8.27. The van der Waals surface area contributed by atoms with Gasteiger partial charge in [0.2, 0.25) is 0 Å². The fourth-order valence-corrected chi connectivity index (χ4v) is 2.91. The van der Waals surface area contributed by atoms with Crippen molar-refractivity contribution in [2.24, 2.45) is 0 Å². The van der Waals surface area contributed by atoms with E-state index in [9.17, 15) is 22.8 Å². The van der Waals surface area contributed by atoms with Crippen molar-refractivity contribution in [3.63, 3.8) is 0 Å². The first-order valence-corrected chi connectivity index (χ1v) is 8.96. The van der Waals surface area contributed by atoms with E-state index in [0.29, 0.717) is 5.69 Å². The third-order valence-corrected chi connectivity index (χ3v) is 4.36. The number of alkyl halides is 3. The Bertz CT molecular complexity index is 1030. The lowest BCUT2D eigenvalue weighted by atomic mass is 10.1.